The summed E-state index contributed by atoms with van der Waals surface area (Å²) in [5.74, 6) is -0.152. The third kappa shape index (κ3) is 4.16. The second kappa shape index (κ2) is 7.35. The van der Waals surface area contributed by atoms with E-state index in [-0.39, 0.29) is 34.7 Å². The van der Waals surface area contributed by atoms with Gasteiger partial charge in [0, 0.05) is 19.3 Å². The van der Waals surface area contributed by atoms with Gasteiger partial charge in [-0.05, 0) is 36.6 Å². The third-order valence-corrected chi connectivity index (χ3v) is 6.37. The highest BCUT2D eigenvalue weighted by Crippen LogP contribution is 2.29. The minimum absolute atomic E-state index is 0.0310. The third-order valence-electron chi connectivity index (χ3n) is 4.04. The molecular formula is C17H20N4O4S2. The van der Waals surface area contributed by atoms with Crippen molar-refractivity contribution in [1.29, 1.82) is 0 Å². The van der Waals surface area contributed by atoms with Crippen LogP contribution in [0.5, 0.6) is 0 Å². The van der Waals surface area contributed by atoms with Crippen LogP contribution in [0, 0.1) is 12.8 Å². The van der Waals surface area contributed by atoms with Crippen LogP contribution < -0.4 is 9.62 Å². The van der Waals surface area contributed by atoms with Gasteiger partial charge in [0.1, 0.15) is 5.01 Å². The van der Waals surface area contributed by atoms with E-state index in [2.05, 4.69) is 14.9 Å². The van der Waals surface area contributed by atoms with E-state index in [1.807, 2.05) is 13.8 Å². The predicted octanol–water partition coefficient (Wildman–Crippen LogP) is 2.50. The van der Waals surface area contributed by atoms with Crippen molar-refractivity contribution in [2.45, 2.75) is 44.9 Å². The quantitative estimate of drug-likeness (QED) is 0.736. The molecule has 144 valence electrons. The molecule has 0 aliphatic carbocycles. The Morgan fingerprint density at radius 2 is 1.85 bits per heavy atom. The molecule has 1 fully saturated rings. The second-order valence-corrected chi connectivity index (χ2v) is 9.52. The van der Waals surface area contributed by atoms with E-state index >= 15 is 0 Å². The number of sulfonamides is 1. The lowest BCUT2D eigenvalue weighted by molar-refractivity contribution is -0.121. The number of hydrogen-bond acceptors (Lipinski definition) is 7. The first kappa shape index (κ1) is 19.4. The Morgan fingerprint density at radius 3 is 2.44 bits per heavy atom. The van der Waals surface area contributed by atoms with E-state index in [0.29, 0.717) is 17.2 Å². The van der Waals surface area contributed by atoms with Gasteiger partial charge in [-0.3, -0.25) is 19.2 Å². The molecule has 2 aromatic rings. The fourth-order valence-corrected chi connectivity index (χ4v) is 5.06. The van der Waals surface area contributed by atoms with Gasteiger partial charge in [-0.2, -0.15) is 0 Å². The normalized spacial score (nSPS) is 15.0. The maximum Gasteiger partial charge on any atom is 0.263 e. The SMILES string of the molecule is Cc1cc(S(=O)(=O)Nc2nnc(CC(C)C)s2)ccc1N1C(=O)CCC1=O. The molecule has 1 aliphatic heterocycles. The topological polar surface area (TPSA) is 109 Å². The summed E-state index contributed by atoms with van der Waals surface area (Å²) in [6.45, 7) is 5.76. The molecule has 1 saturated heterocycles. The van der Waals surface area contributed by atoms with Crippen LogP contribution in [0.3, 0.4) is 0 Å². The first-order chi connectivity index (χ1) is 12.7. The fourth-order valence-electron chi connectivity index (χ4n) is 2.79. The van der Waals surface area contributed by atoms with E-state index in [4.69, 9.17) is 0 Å². The number of nitrogens with zero attached hydrogens (tertiary/aromatic N) is 3. The Kier molecular flexibility index (Phi) is 5.29. The molecule has 0 unspecified atom stereocenters. The predicted molar refractivity (Wildman–Crippen MR) is 102 cm³/mol. The van der Waals surface area contributed by atoms with Crippen molar-refractivity contribution >= 4 is 44.0 Å². The van der Waals surface area contributed by atoms with Crippen molar-refractivity contribution in [2.24, 2.45) is 5.92 Å². The zero-order chi connectivity index (χ0) is 19.8. The average molecular weight is 409 g/mol. The summed E-state index contributed by atoms with van der Waals surface area (Å²) in [6.07, 6.45) is 1.08. The molecule has 3 rings (SSSR count). The van der Waals surface area contributed by atoms with Crippen LogP contribution in [-0.4, -0.2) is 30.4 Å². The van der Waals surface area contributed by atoms with Crippen molar-refractivity contribution < 1.29 is 18.0 Å². The summed E-state index contributed by atoms with van der Waals surface area (Å²) < 4.78 is 27.7. The second-order valence-electron chi connectivity index (χ2n) is 6.78. The zero-order valence-electron chi connectivity index (χ0n) is 15.2. The zero-order valence-corrected chi connectivity index (χ0v) is 16.9. The van der Waals surface area contributed by atoms with Gasteiger partial charge >= 0.3 is 0 Å². The maximum atomic E-state index is 12.6. The average Bonchev–Trinajstić information content (AvgIpc) is 3.13. The number of hydrogen-bond donors (Lipinski definition) is 1. The van der Waals surface area contributed by atoms with Crippen molar-refractivity contribution in [1.82, 2.24) is 10.2 Å². The molecule has 0 radical (unpaired) electrons. The molecule has 27 heavy (non-hydrogen) atoms. The molecule has 0 saturated carbocycles. The number of nitrogens with one attached hydrogen (secondary N) is 1. The standard InChI is InChI=1S/C17H20N4O4S2/c1-10(2)8-14-18-19-17(26-14)20-27(24,25)12-4-5-13(11(3)9-12)21-15(22)6-7-16(21)23/h4-5,9-10H,6-8H2,1-3H3,(H,19,20). The maximum absolute atomic E-state index is 12.6. The highest BCUT2D eigenvalue weighted by Gasteiger charge is 2.31. The number of anilines is 2. The van der Waals surface area contributed by atoms with Crippen LogP contribution >= 0.6 is 11.3 Å². The molecule has 2 heterocycles. The van der Waals surface area contributed by atoms with Crippen molar-refractivity contribution in [3.05, 3.63) is 28.8 Å². The van der Waals surface area contributed by atoms with Crippen LogP contribution in [0.1, 0.15) is 37.3 Å². The molecule has 0 atom stereocenters. The number of aryl methyl sites for hydroxylation is 1. The van der Waals surface area contributed by atoms with E-state index in [9.17, 15) is 18.0 Å². The molecule has 8 nitrogen and oxygen atoms in total. The lowest BCUT2D eigenvalue weighted by Gasteiger charge is -2.17. The lowest BCUT2D eigenvalue weighted by Crippen LogP contribution is -2.29. The summed E-state index contributed by atoms with van der Waals surface area (Å²) in [6, 6.07) is 4.29. The summed E-state index contributed by atoms with van der Waals surface area (Å²) in [4.78, 5) is 24.9. The summed E-state index contributed by atoms with van der Waals surface area (Å²) in [5.41, 5.74) is 0.941. The van der Waals surface area contributed by atoms with Gasteiger partial charge in [-0.15, -0.1) is 10.2 Å². The fraction of sp³-hybridized carbons (Fsp3) is 0.412. The minimum atomic E-state index is -3.85. The molecule has 1 aliphatic rings. The van der Waals surface area contributed by atoms with Crippen molar-refractivity contribution in [3.8, 4) is 0 Å². The van der Waals surface area contributed by atoms with Gasteiger partial charge in [0.05, 0.1) is 10.6 Å². The number of benzene rings is 1. The summed E-state index contributed by atoms with van der Waals surface area (Å²) in [5, 5.41) is 8.85. The van der Waals surface area contributed by atoms with Crippen LogP contribution in [0.25, 0.3) is 0 Å². The van der Waals surface area contributed by atoms with Gasteiger partial charge in [0.15, 0.2) is 0 Å². The Morgan fingerprint density at radius 1 is 1.19 bits per heavy atom. The number of amides is 2. The Hall–Kier alpha value is -2.33. The molecule has 1 aromatic heterocycles. The highest BCUT2D eigenvalue weighted by atomic mass is 32.2. The van der Waals surface area contributed by atoms with Crippen LogP contribution in [0.4, 0.5) is 10.8 Å². The van der Waals surface area contributed by atoms with Crippen LogP contribution in [0.15, 0.2) is 23.1 Å². The van der Waals surface area contributed by atoms with Gasteiger partial charge in [0.25, 0.3) is 10.0 Å². The number of imide groups is 1. The molecule has 0 spiro atoms. The van der Waals surface area contributed by atoms with Crippen molar-refractivity contribution in [3.63, 3.8) is 0 Å². The molecule has 10 heteroatoms. The first-order valence-electron chi connectivity index (χ1n) is 8.49. The monoisotopic (exact) mass is 408 g/mol. The number of rotatable bonds is 6. The van der Waals surface area contributed by atoms with Crippen molar-refractivity contribution in [2.75, 3.05) is 9.62 Å². The van der Waals surface area contributed by atoms with Gasteiger partial charge in [-0.1, -0.05) is 25.2 Å². The van der Waals surface area contributed by atoms with E-state index in [1.165, 1.54) is 29.5 Å². The Labute approximate surface area is 161 Å². The smallest absolute Gasteiger partial charge is 0.263 e. The number of aromatic nitrogens is 2. The first-order valence-corrected chi connectivity index (χ1v) is 10.8. The number of carbonyl (C=O) groups excluding carboxylic acids is 2. The Bertz CT molecular complexity index is 982. The molecule has 2 amide bonds. The summed E-state index contributed by atoms with van der Waals surface area (Å²) in [7, 11) is -3.85. The van der Waals surface area contributed by atoms with E-state index in [0.717, 1.165) is 16.3 Å². The van der Waals surface area contributed by atoms with E-state index < -0.39 is 10.0 Å². The minimum Gasteiger partial charge on any atom is -0.274 e. The lowest BCUT2D eigenvalue weighted by atomic mass is 10.1. The highest BCUT2D eigenvalue weighted by molar-refractivity contribution is 7.93. The number of carbonyl (C=O) groups is 2. The molecule has 1 aromatic carbocycles. The van der Waals surface area contributed by atoms with Crippen LogP contribution in [0.2, 0.25) is 0 Å². The van der Waals surface area contributed by atoms with Gasteiger partial charge < -0.3 is 0 Å². The Balaban J connectivity index is 1.83. The van der Waals surface area contributed by atoms with Gasteiger partial charge in [0.2, 0.25) is 16.9 Å². The molecule has 1 N–H and O–H groups in total. The van der Waals surface area contributed by atoms with Gasteiger partial charge in [-0.25, -0.2) is 8.42 Å². The summed E-state index contributed by atoms with van der Waals surface area (Å²) >= 11 is 1.20. The molecule has 0 bridgehead atoms. The largest absolute Gasteiger partial charge is 0.274 e. The van der Waals surface area contributed by atoms with E-state index in [1.54, 1.807) is 6.92 Å². The van der Waals surface area contributed by atoms with Crippen LogP contribution in [-0.2, 0) is 26.0 Å². The molecular weight excluding hydrogens is 388 g/mol.